The van der Waals surface area contributed by atoms with Gasteiger partial charge in [-0.25, -0.2) is 0 Å². The van der Waals surface area contributed by atoms with E-state index in [1.54, 1.807) is 0 Å². The van der Waals surface area contributed by atoms with Crippen molar-refractivity contribution in [1.82, 2.24) is 0 Å². The van der Waals surface area contributed by atoms with Crippen molar-refractivity contribution in [2.45, 2.75) is 13.3 Å². The van der Waals surface area contributed by atoms with E-state index in [-0.39, 0.29) is 0 Å². The topological polar surface area (TPSA) is 24.4 Å². The van der Waals surface area contributed by atoms with Gasteiger partial charge in [0.25, 0.3) is 0 Å². The van der Waals surface area contributed by atoms with Crippen LogP contribution in [0.1, 0.15) is 18.9 Å². The molecule has 19 heavy (non-hydrogen) atoms. The van der Waals surface area contributed by atoms with Crippen LogP contribution in [-0.2, 0) is 0 Å². The molecule has 96 valence electrons. The van der Waals surface area contributed by atoms with Gasteiger partial charge >= 0.3 is 0 Å². The highest BCUT2D eigenvalue weighted by Gasteiger charge is 1.92. The SMILES string of the molecule is CCC(C=Cc1ccccc1)=NNc1ccccc1. The van der Waals surface area contributed by atoms with Gasteiger partial charge in [-0.1, -0.05) is 61.5 Å². The maximum Gasteiger partial charge on any atom is 0.0604 e. The molecule has 0 aromatic heterocycles. The van der Waals surface area contributed by atoms with E-state index < -0.39 is 0 Å². The summed E-state index contributed by atoms with van der Waals surface area (Å²) in [5.41, 5.74) is 6.27. The summed E-state index contributed by atoms with van der Waals surface area (Å²) in [4.78, 5) is 0. The highest BCUT2D eigenvalue weighted by molar-refractivity contribution is 5.98. The Morgan fingerprint density at radius 3 is 2.26 bits per heavy atom. The van der Waals surface area contributed by atoms with Crippen molar-refractivity contribution in [3.8, 4) is 0 Å². The molecular formula is C17H18N2. The Bertz CT molecular complexity index is 542. The maximum absolute atomic E-state index is 4.41. The number of hydrogen-bond acceptors (Lipinski definition) is 2. The fourth-order valence-electron chi connectivity index (χ4n) is 1.64. The van der Waals surface area contributed by atoms with E-state index in [0.717, 1.165) is 17.8 Å². The van der Waals surface area contributed by atoms with Crippen LogP contribution in [0.4, 0.5) is 5.69 Å². The molecule has 2 nitrogen and oxygen atoms in total. The fourth-order valence-corrected chi connectivity index (χ4v) is 1.64. The van der Waals surface area contributed by atoms with Crippen LogP contribution in [0, 0.1) is 0 Å². The summed E-state index contributed by atoms with van der Waals surface area (Å²) in [6, 6.07) is 20.2. The Kier molecular flexibility index (Phi) is 4.94. The Balaban J connectivity index is 2.02. The van der Waals surface area contributed by atoms with Crippen molar-refractivity contribution in [1.29, 1.82) is 0 Å². The van der Waals surface area contributed by atoms with Crippen LogP contribution in [0.25, 0.3) is 6.08 Å². The standard InChI is InChI=1S/C17H18N2/c1-2-16(14-13-15-9-5-3-6-10-15)18-19-17-11-7-4-8-12-17/h3-14,19H,2H2,1H3. The van der Waals surface area contributed by atoms with Crippen LogP contribution in [0.2, 0.25) is 0 Å². The molecule has 0 heterocycles. The Hall–Kier alpha value is -2.35. The summed E-state index contributed by atoms with van der Waals surface area (Å²) in [6.45, 7) is 2.10. The van der Waals surface area contributed by atoms with Crippen molar-refractivity contribution in [3.63, 3.8) is 0 Å². The minimum absolute atomic E-state index is 0.892. The fraction of sp³-hybridized carbons (Fsp3) is 0.118. The summed E-state index contributed by atoms with van der Waals surface area (Å²) < 4.78 is 0. The first-order valence-corrected chi connectivity index (χ1v) is 6.49. The first-order chi connectivity index (χ1) is 9.38. The molecular weight excluding hydrogens is 232 g/mol. The minimum Gasteiger partial charge on any atom is -0.278 e. The van der Waals surface area contributed by atoms with Gasteiger partial charge in [0.2, 0.25) is 0 Å². The number of anilines is 1. The second-order valence-electron chi connectivity index (χ2n) is 4.18. The molecule has 0 saturated carbocycles. The van der Waals surface area contributed by atoms with Gasteiger partial charge in [0.15, 0.2) is 0 Å². The number of hydrazone groups is 1. The zero-order valence-corrected chi connectivity index (χ0v) is 11.1. The number of benzene rings is 2. The molecule has 2 heteroatoms. The summed E-state index contributed by atoms with van der Waals surface area (Å²) in [5, 5.41) is 4.41. The van der Waals surface area contributed by atoms with E-state index in [9.17, 15) is 0 Å². The average molecular weight is 250 g/mol. The van der Waals surface area contributed by atoms with E-state index >= 15 is 0 Å². The summed E-state index contributed by atoms with van der Waals surface area (Å²) in [7, 11) is 0. The molecule has 2 aromatic carbocycles. The number of rotatable bonds is 5. The van der Waals surface area contributed by atoms with Gasteiger partial charge in [0.05, 0.1) is 11.4 Å². The van der Waals surface area contributed by atoms with E-state index in [1.807, 2.05) is 54.6 Å². The molecule has 0 amide bonds. The lowest BCUT2D eigenvalue weighted by atomic mass is 10.2. The van der Waals surface area contributed by atoms with Gasteiger partial charge < -0.3 is 0 Å². The normalized spacial score (nSPS) is 11.7. The van der Waals surface area contributed by atoms with E-state index in [1.165, 1.54) is 5.56 Å². The second kappa shape index (κ2) is 7.17. The van der Waals surface area contributed by atoms with Gasteiger partial charge in [-0.3, -0.25) is 5.43 Å². The van der Waals surface area contributed by atoms with Gasteiger partial charge in [-0.2, -0.15) is 5.10 Å². The first kappa shape index (κ1) is 13.1. The molecule has 2 aromatic rings. The van der Waals surface area contributed by atoms with Crippen molar-refractivity contribution in [2.24, 2.45) is 5.10 Å². The van der Waals surface area contributed by atoms with Gasteiger partial charge in [0, 0.05) is 0 Å². The highest BCUT2D eigenvalue weighted by atomic mass is 15.3. The molecule has 0 unspecified atom stereocenters. The van der Waals surface area contributed by atoms with E-state index in [4.69, 9.17) is 0 Å². The summed E-state index contributed by atoms with van der Waals surface area (Å²) in [5.74, 6) is 0. The molecule has 0 atom stereocenters. The average Bonchev–Trinajstić information content (AvgIpc) is 2.49. The predicted octanol–water partition coefficient (Wildman–Crippen LogP) is 4.58. The quantitative estimate of drug-likeness (QED) is 0.609. The van der Waals surface area contributed by atoms with Crippen LogP contribution in [-0.4, -0.2) is 5.71 Å². The second-order valence-corrected chi connectivity index (χ2v) is 4.18. The lowest BCUT2D eigenvalue weighted by Gasteiger charge is -2.01. The van der Waals surface area contributed by atoms with Crippen molar-refractivity contribution in [2.75, 3.05) is 5.43 Å². The Labute approximate surface area is 114 Å². The molecule has 1 N–H and O–H groups in total. The molecule has 0 aliphatic heterocycles. The molecule has 0 radical (unpaired) electrons. The highest BCUT2D eigenvalue weighted by Crippen LogP contribution is 2.06. The summed E-state index contributed by atoms with van der Waals surface area (Å²) >= 11 is 0. The van der Waals surface area contributed by atoms with Crippen LogP contribution >= 0.6 is 0 Å². The third kappa shape index (κ3) is 4.43. The van der Waals surface area contributed by atoms with Gasteiger partial charge in [-0.15, -0.1) is 0 Å². The van der Waals surface area contributed by atoms with E-state index in [2.05, 4.69) is 35.7 Å². The lowest BCUT2D eigenvalue weighted by Crippen LogP contribution is -1.97. The van der Waals surface area contributed by atoms with Crippen LogP contribution < -0.4 is 5.43 Å². The van der Waals surface area contributed by atoms with Crippen LogP contribution in [0.15, 0.2) is 71.8 Å². The van der Waals surface area contributed by atoms with Gasteiger partial charge in [-0.05, 0) is 30.2 Å². The number of nitrogens with one attached hydrogen (secondary N) is 1. The summed E-state index contributed by atoms with van der Waals surface area (Å²) in [6.07, 6.45) is 5.02. The molecule has 2 rings (SSSR count). The number of nitrogens with zero attached hydrogens (tertiary/aromatic N) is 1. The molecule has 0 fully saturated rings. The van der Waals surface area contributed by atoms with Crippen LogP contribution in [0.3, 0.4) is 0 Å². The first-order valence-electron chi connectivity index (χ1n) is 6.49. The molecule has 0 aliphatic rings. The smallest absolute Gasteiger partial charge is 0.0604 e. The minimum atomic E-state index is 0.892. The number of allylic oxidation sites excluding steroid dienone is 1. The zero-order valence-electron chi connectivity index (χ0n) is 11.1. The molecule has 0 saturated heterocycles. The third-order valence-corrected chi connectivity index (χ3v) is 2.73. The van der Waals surface area contributed by atoms with Crippen LogP contribution in [0.5, 0.6) is 0 Å². The van der Waals surface area contributed by atoms with Crippen molar-refractivity contribution < 1.29 is 0 Å². The zero-order chi connectivity index (χ0) is 13.3. The lowest BCUT2D eigenvalue weighted by molar-refractivity contribution is 1.23. The third-order valence-electron chi connectivity index (χ3n) is 2.73. The van der Waals surface area contributed by atoms with Gasteiger partial charge in [0.1, 0.15) is 0 Å². The Morgan fingerprint density at radius 2 is 1.63 bits per heavy atom. The molecule has 0 aliphatic carbocycles. The Morgan fingerprint density at radius 1 is 1.00 bits per heavy atom. The molecule has 0 spiro atoms. The van der Waals surface area contributed by atoms with Crippen molar-refractivity contribution in [3.05, 3.63) is 72.3 Å². The predicted molar refractivity (Wildman–Crippen MR) is 83.3 cm³/mol. The monoisotopic (exact) mass is 250 g/mol. The van der Waals surface area contributed by atoms with E-state index in [0.29, 0.717) is 0 Å². The molecule has 0 bridgehead atoms. The number of hydrogen-bond donors (Lipinski definition) is 1. The van der Waals surface area contributed by atoms with Crippen molar-refractivity contribution >= 4 is 17.5 Å². The maximum atomic E-state index is 4.41. The largest absolute Gasteiger partial charge is 0.278 e. The number of para-hydroxylation sites is 1.